The lowest BCUT2D eigenvalue weighted by Crippen LogP contribution is -2.45. The predicted molar refractivity (Wildman–Crippen MR) is 78.2 cm³/mol. The SMILES string of the molecule is Nc1nnc(CN2CCN(c3ccc(F)cc3)CC2)s1. The van der Waals surface area contributed by atoms with E-state index in [1.165, 1.54) is 23.5 Å². The molecule has 0 atom stereocenters. The molecule has 1 aromatic carbocycles. The van der Waals surface area contributed by atoms with E-state index in [1.807, 2.05) is 12.1 Å². The Morgan fingerprint density at radius 3 is 2.40 bits per heavy atom. The number of nitrogen functional groups attached to an aromatic ring is 1. The van der Waals surface area contributed by atoms with E-state index in [0.29, 0.717) is 5.13 Å². The molecule has 106 valence electrons. The Bertz CT molecular complexity index is 562. The number of nitrogens with two attached hydrogens (primary N) is 1. The molecular formula is C13H16FN5S. The summed E-state index contributed by atoms with van der Waals surface area (Å²) in [6.45, 7) is 4.57. The maximum atomic E-state index is 12.9. The zero-order valence-corrected chi connectivity index (χ0v) is 11.8. The lowest BCUT2D eigenvalue weighted by atomic mass is 10.2. The van der Waals surface area contributed by atoms with Crippen molar-refractivity contribution in [3.05, 3.63) is 35.1 Å². The molecule has 20 heavy (non-hydrogen) atoms. The maximum absolute atomic E-state index is 12.9. The van der Waals surface area contributed by atoms with Crippen LogP contribution in [0, 0.1) is 5.82 Å². The van der Waals surface area contributed by atoms with Gasteiger partial charge in [-0.15, -0.1) is 10.2 Å². The summed E-state index contributed by atoms with van der Waals surface area (Å²) in [7, 11) is 0. The highest BCUT2D eigenvalue weighted by Crippen LogP contribution is 2.19. The lowest BCUT2D eigenvalue weighted by Gasteiger charge is -2.35. The van der Waals surface area contributed by atoms with Crippen molar-refractivity contribution in [3.8, 4) is 0 Å². The Morgan fingerprint density at radius 2 is 1.80 bits per heavy atom. The molecule has 7 heteroatoms. The minimum absolute atomic E-state index is 0.193. The van der Waals surface area contributed by atoms with Crippen LogP contribution in [0.25, 0.3) is 0 Å². The van der Waals surface area contributed by atoms with Crippen molar-refractivity contribution >= 4 is 22.2 Å². The first kappa shape index (κ1) is 13.3. The van der Waals surface area contributed by atoms with E-state index in [9.17, 15) is 4.39 Å². The van der Waals surface area contributed by atoms with E-state index in [0.717, 1.165) is 43.4 Å². The van der Waals surface area contributed by atoms with Gasteiger partial charge in [0.05, 0.1) is 6.54 Å². The van der Waals surface area contributed by atoms with Crippen LogP contribution in [0.3, 0.4) is 0 Å². The molecule has 1 saturated heterocycles. The smallest absolute Gasteiger partial charge is 0.203 e. The third-order valence-electron chi connectivity index (χ3n) is 3.41. The highest BCUT2D eigenvalue weighted by Gasteiger charge is 2.18. The third kappa shape index (κ3) is 3.05. The first-order chi connectivity index (χ1) is 9.70. The Labute approximate surface area is 120 Å². The molecule has 2 aromatic rings. The number of nitrogens with zero attached hydrogens (tertiary/aromatic N) is 4. The molecule has 0 aliphatic carbocycles. The summed E-state index contributed by atoms with van der Waals surface area (Å²) in [4.78, 5) is 4.60. The minimum atomic E-state index is -0.193. The van der Waals surface area contributed by atoms with Crippen molar-refractivity contribution in [2.45, 2.75) is 6.54 Å². The average Bonchev–Trinajstić information content (AvgIpc) is 2.86. The molecule has 1 aliphatic rings. The van der Waals surface area contributed by atoms with Crippen molar-refractivity contribution in [3.63, 3.8) is 0 Å². The summed E-state index contributed by atoms with van der Waals surface area (Å²) in [5.74, 6) is -0.193. The number of hydrogen-bond acceptors (Lipinski definition) is 6. The molecule has 2 heterocycles. The fraction of sp³-hybridized carbons (Fsp3) is 0.385. The second-order valence-corrected chi connectivity index (χ2v) is 5.87. The van der Waals surface area contributed by atoms with Crippen LogP contribution in [-0.4, -0.2) is 41.3 Å². The molecular weight excluding hydrogens is 277 g/mol. The molecule has 2 N–H and O–H groups in total. The van der Waals surface area contributed by atoms with Gasteiger partial charge in [0.1, 0.15) is 10.8 Å². The van der Waals surface area contributed by atoms with E-state index < -0.39 is 0 Å². The van der Waals surface area contributed by atoms with Gasteiger partial charge in [0.15, 0.2) is 0 Å². The first-order valence-electron chi connectivity index (χ1n) is 6.51. The normalized spacial score (nSPS) is 16.6. The van der Waals surface area contributed by atoms with Crippen LogP contribution in [0.4, 0.5) is 15.2 Å². The molecule has 5 nitrogen and oxygen atoms in total. The summed E-state index contributed by atoms with van der Waals surface area (Å²) in [5.41, 5.74) is 6.66. The second-order valence-electron chi connectivity index (χ2n) is 4.77. The van der Waals surface area contributed by atoms with Crippen LogP contribution < -0.4 is 10.6 Å². The second kappa shape index (κ2) is 5.72. The van der Waals surface area contributed by atoms with Crippen molar-refractivity contribution in [2.75, 3.05) is 36.8 Å². The number of benzene rings is 1. The first-order valence-corrected chi connectivity index (χ1v) is 7.33. The summed E-state index contributed by atoms with van der Waals surface area (Å²) in [6.07, 6.45) is 0. The molecule has 1 aliphatic heterocycles. The van der Waals surface area contributed by atoms with Crippen LogP contribution in [0.2, 0.25) is 0 Å². The number of aromatic nitrogens is 2. The Morgan fingerprint density at radius 1 is 1.10 bits per heavy atom. The maximum Gasteiger partial charge on any atom is 0.203 e. The van der Waals surface area contributed by atoms with Crippen molar-refractivity contribution in [1.29, 1.82) is 0 Å². The quantitative estimate of drug-likeness (QED) is 0.931. The number of halogens is 1. The molecule has 1 fully saturated rings. The molecule has 0 radical (unpaired) electrons. The van der Waals surface area contributed by atoms with Gasteiger partial charge in [0, 0.05) is 31.9 Å². The van der Waals surface area contributed by atoms with Crippen LogP contribution in [0.5, 0.6) is 0 Å². The molecule has 0 bridgehead atoms. The molecule has 1 aromatic heterocycles. The summed E-state index contributed by atoms with van der Waals surface area (Å²) in [5, 5.41) is 9.34. The topological polar surface area (TPSA) is 58.3 Å². The van der Waals surface area contributed by atoms with Gasteiger partial charge in [-0.25, -0.2) is 4.39 Å². The number of rotatable bonds is 3. The number of hydrogen-bond donors (Lipinski definition) is 1. The predicted octanol–water partition coefficient (Wildman–Crippen LogP) is 1.58. The van der Waals surface area contributed by atoms with Crippen LogP contribution >= 0.6 is 11.3 Å². The van der Waals surface area contributed by atoms with Crippen LogP contribution in [0.15, 0.2) is 24.3 Å². The van der Waals surface area contributed by atoms with E-state index in [4.69, 9.17) is 5.73 Å². The van der Waals surface area contributed by atoms with Crippen LogP contribution in [0.1, 0.15) is 5.01 Å². The van der Waals surface area contributed by atoms with Gasteiger partial charge < -0.3 is 10.6 Å². The third-order valence-corrected chi connectivity index (χ3v) is 4.14. The minimum Gasteiger partial charge on any atom is -0.374 e. The van der Waals surface area contributed by atoms with Crippen molar-refractivity contribution < 1.29 is 4.39 Å². The Kier molecular flexibility index (Phi) is 3.79. The monoisotopic (exact) mass is 293 g/mol. The Hall–Kier alpha value is -1.73. The molecule has 0 spiro atoms. The van der Waals surface area contributed by atoms with Gasteiger partial charge >= 0.3 is 0 Å². The molecule has 3 rings (SSSR count). The molecule has 0 unspecified atom stereocenters. The summed E-state index contributed by atoms with van der Waals surface area (Å²) >= 11 is 1.44. The van der Waals surface area contributed by atoms with Gasteiger partial charge in [-0.3, -0.25) is 4.90 Å². The van der Waals surface area contributed by atoms with E-state index >= 15 is 0 Å². The fourth-order valence-corrected chi connectivity index (χ4v) is 2.99. The highest BCUT2D eigenvalue weighted by atomic mass is 32.1. The van der Waals surface area contributed by atoms with Crippen molar-refractivity contribution in [2.24, 2.45) is 0 Å². The molecule has 0 amide bonds. The zero-order chi connectivity index (χ0) is 13.9. The van der Waals surface area contributed by atoms with Gasteiger partial charge in [0.2, 0.25) is 5.13 Å². The van der Waals surface area contributed by atoms with E-state index in [1.54, 1.807) is 0 Å². The van der Waals surface area contributed by atoms with Gasteiger partial charge in [-0.1, -0.05) is 11.3 Å². The van der Waals surface area contributed by atoms with Gasteiger partial charge in [-0.2, -0.15) is 0 Å². The largest absolute Gasteiger partial charge is 0.374 e. The number of piperazine rings is 1. The highest BCUT2D eigenvalue weighted by molar-refractivity contribution is 7.15. The van der Waals surface area contributed by atoms with Crippen LogP contribution in [-0.2, 0) is 6.54 Å². The Balaban J connectivity index is 1.55. The van der Waals surface area contributed by atoms with Gasteiger partial charge in [-0.05, 0) is 24.3 Å². The number of anilines is 2. The van der Waals surface area contributed by atoms with E-state index in [2.05, 4.69) is 20.0 Å². The average molecular weight is 293 g/mol. The van der Waals surface area contributed by atoms with Crippen molar-refractivity contribution in [1.82, 2.24) is 15.1 Å². The standard InChI is InChI=1S/C13H16FN5S/c14-10-1-3-11(4-2-10)19-7-5-18(6-8-19)9-12-16-17-13(15)20-12/h1-4H,5-9H2,(H2,15,17). The summed E-state index contributed by atoms with van der Waals surface area (Å²) in [6, 6.07) is 6.67. The lowest BCUT2D eigenvalue weighted by molar-refractivity contribution is 0.249. The zero-order valence-electron chi connectivity index (χ0n) is 11.0. The van der Waals surface area contributed by atoms with Gasteiger partial charge in [0.25, 0.3) is 0 Å². The van der Waals surface area contributed by atoms with E-state index in [-0.39, 0.29) is 5.82 Å². The summed E-state index contributed by atoms with van der Waals surface area (Å²) < 4.78 is 12.9. The fourth-order valence-electron chi connectivity index (χ4n) is 2.34. The molecule has 0 saturated carbocycles.